The van der Waals surface area contributed by atoms with E-state index in [1.165, 1.54) is 4.90 Å². The average Bonchev–Trinajstić information content (AvgIpc) is 2.69. The van der Waals surface area contributed by atoms with Crippen molar-refractivity contribution in [2.45, 2.75) is 6.42 Å². The van der Waals surface area contributed by atoms with Gasteiger partial charge < -0.3 is 0 Å². The largest absolute Gasteiger partial charge is 0.435 e. The van der Waals surface area contributed by atoms with E-state index >= 15 is 0 Å². The highest BCUT2D eigenvalue weighted by atomic mass is 32.1. The normalized spacial score (nSPS) is 18.0. The van der Waals surface area contributed by atoms with Crippen LogP contribution >= 0.6 is 12.2 Å². The zero-order valence-corrected chi connectivity index (χ0v) is 10.0. The third-order valence-corrected chi connectivity index (χ3v) is 2.94. The molecule has 1 aromatic carbocycles. The lowest BCUT2D eigenvalue weighted by Gasteiger charge is -2.25. The number of carbonyl (C=O) groups is 2. The van der Waals surface area contributed by atoms with Gasteiger partial charge in [0.05, 0.1) is 0 Å². The summed E-state index contributed by atoms with van der Waals surface area (Å²) in [5, 5.41) is 3.77. The standard InChI is InChI=1S/C11H8N4O2S/c16-8-4-5-15(11(17)13-8)7-3-1-2-6-9(7)14-10(18)12-6/h1-3H,4-5H2,(H,13,16,17)/q+1. The molecule has 1 radical (unpaired) electrons. The lowest BCUT2D eigenvalue weighted by Crippen LogP contribution is -2.51. The maximum Gasteiger partial charge on any atom is 0.435 e. The van der Waals surface area contributed by atoms with Crippen molar-refractivity contribution < 1.29 is 9.59 Å². The first-order chi connectivity index (χ1) is 8.65. The molecule has 0 saturated carbocycles. The molecule has 2 aliphatic rings. The number of amides is 3. The van der Waals surface area contributed by atoms with E-state index in [4.69, 9.17) is 12.2 Å². The molecule has 0 aromatic heterocycles. The summed E-state index contributed by atoms with van der Waals surface area (Å²) in [5.41, 5.74) is 0.626. The summed E-state index contributed by atoms with van der Waals surface area (Å²) in [7, 11) is 0. The van der Waals surface area contributed by atoms with Crippen LogP contribution in [0.5, 0.6) is 0 Å². The van der Waals surface area contributed by atoms with Crippen molar-refractivity contribution in [3.8, 4) is 0 Å². The number of para-hydroxylation sites is 1. The summed E-state index contributed by atoms with van der Waals surface area (Å²) in [4.78, 5) is 32.6. The number of thiocarbonyl (C=S) groups is 1. The molecule has 18 heavy (non-hydrogen) atoms. The van der Waals surface area contributed by atoms with Gasteiger partial charge in [0.25, 0.3) is 5.36 Å². The maximum atomic E-state index is 11.8. The van der Waals surface area contributed by atoms with E-state index in [2.05, 4.69) is 15.3 Å². The van der Waals surface area contributed by atoms with Gasteiger partial charge in [-0.15, -0.1) is 0 Å². The number of benzene rings is 1. The summed E-state index contributed by atoms with van der Waals surface area (Å²) >= 11 is 4.93. The molecule has 7 heteroatoms. The minimum Gasteiger partial charge on any atom is -0.289 e. The molecule has 6 nitrogen and oxygen atoms in total. The number of urea groups is 1. The van der Waals surface area contributed by atoms with Crippen molar-refractivity contribution in [2.75, 3.05) is 11.4 Å². The van der Waals surface area contributed by atoms with Gasteiger partial charge in [-0.25, -0.2) is 4.79 Å². The predicted molar refractivity (Wildman–Crippen MR) is 66.6 cm³/mol. The Morgan fingerprint density at radius 1 is 1.39 bits per heavy atom. The second-order valence-electron chi connectivity index (χ2n) is 3.91. The van der Waals surface area contributed by atoms with Crippen LogP contribution in [-0.4, -0.2) is 23.6 Å². The molecule has 2 heterocycles. The molecule has 0 atom stereocenters. The zero-order valence-electron chi connectivity index (χ0n) is 9.21. The summed E-state index contributed by atoms with van der Waals surface area (Å²) in [6.07, 6.45) is 0.275. The van der Waals surface area contributed by atoms with Crippen LogP contribution in [0.1, 0.15) is 6.42 Å². The number of anilines is 1. The summed E-state index contributed by atoms with van der Waals surface area (Å²) < 4.78 is 0. The smallest absolute Gasteiger partial charge is 0.289 e. The van der Waals surface area contributed by atoms with Crippen LogP contribution in [0.3, 0.4) is 0 Å². The van der Waals surface area contributed by atoms with Crippen LogP contribution in [0, 0.1) is 0 Å². The Kier molecular flexibility index (Phi) is 2.41. The highest BCUT2D eigenvalue weighted by molar-refractivity contribution is 7.80. The first-order valence-electron chi connectivity index (χ1n) is 5.37. The second kappa shape index (κ2) is 3.95. The van der Waals surface area contributed by atoms with Gasteiger partial charge in [-0.2, -0.15) is 0 Å². The molecule has 0 unspecified atom stereocenters. The van der Waals surface area contributed by atoms with E-state index in [9.17, 15) is 9.59 Å². The minimum absolute atomic E-state index is 0.256. The van der Waals surface area contributed by atoms with E-state index < -0.39 is 6.03 Å². The van der Waals surface area contributed by atoms with Gasteiger partial charge >= 0.3 is 11.1 Å². The fourth-order valence-corrected chi connectivity index (χ4v) is 2.15. The van der Waals surface area contributed by atoms with E-state index in [1.807, 2.05) is 0 Å². The summed E-state index contributed by atoms with van der Waals surface area (Å²) in [6, 6.07) is 4.90. The number of nitrogens with zero attached hydrogens (tertiary/aromatic N) is 3. The highest BCUT2D eigenvalue weighted by Crippen LogP contribution is 2.11. The van der Waals surface area contributed by atoms with Crippen LogP contribution in [0.25, 0.3) is 0 Å². The lowest BCUT2D eigenvalue weighted by atomic mass is 10.2. The number of hydrogen-bond donors (Lipinski definition) is 1. The van der Waals surface area contributed by atoms with E-state index in [1.54, 1.807) is 18.2 Å². The van der Waals surface area contributed by atoms with Gasteiger partial charge in [0.2, 0.25) is 11.3 Å². The molecule has 0 bridgehead atoms. The summed E-state index contributed by atoms with van der Waals surface area (Å²) in [6.45, 7) is 0.337. The average molecular weight is 260 g/mol. The Balaban J connectivity index is 2.11. The fraction of sp³-hybridized carbons (Fsp3) is 0.182. The Labute approximate surface area is 107 Å². The van der Waals surface area contributed by atoms with E-state index in [0.717, 1.165) is 0 Å². The number of rotatable bonds is 1. The van der Waals surface area contributed by atoms with E-state index in [0.29, 0.717) is 22.9 Å². The number of hydrogen-bond acceptors (Lipinski definition) is 3. The molecule has 1 N–H and O–H groups in total. The van der Waals surface area contributed by atoms with Crippen molar-refractivity contribution in [1.82, 2.24) is 10.3 Å². The highest BCUT2D eigenvalue weighted by Gasteiger charge is 2.28. The molecule has 0 aliphatic carbocycles. The van der Waals surface area contributed by atoms with Gasteiger partial charge in [-0.05, 0) is 22.1 Å². The third kappa shape index (κ3) is 1.68. The van der Waals surface area contributed by atoms with Crippen LogP contribution in [0.4, 0.5) is 10.5 Å². The number of imide groups is 1. The Morgan fingerprint density at radius 2 is 2.22 bits per heavy atom. The van der Waals surface area contributed by atoms with Gasteiger partial charge in [0.1, 0.15) is 5.69 Å². The molecule has 3 rings (SSSR count). The van der Waals surface area contributed by atoms with Gasteiger partial charge in [-0.1, -0.05) is 6.07 Å². The minimum atomic E-state index is -0.437. The number of carbonyl (C=O) groups excluding carboxylic acids is 2. The third-order valence-electron chi connectivity index (χ3n) is 2.76. The first-order valence-corrected chi connectivity index (χ1v) is 5.78. The molecule has 1 saturated heterocycles. The Hall–Kier alpha value is -2.15. The molecule has 2 aliphatic heterocycles. The van der Waals surface area contributed by atoms with Crippen molar-refractivity contribution >= 4 is 35.0 Å². The number of fused-ring (bicyclic) bond motifs is 1. The van der Waals surface area contributed by atoms with Crippen molar-refractivity contribution in [3.05, 3.63) is 28.9 Å². The van der Waals surface area contributed by atoms with Gasteiger partial charge in [0, 0.05) is 25.2 Å². The topological polar surface area (TPSA) is 75.9 Å². The number of nitrogens with one attached hydrogen (secondary N) is 1. The molecular formula is C11H8N4O2S+. The molecular weight excluding hydrogens is 252 g/mol. The predicted octanol–water partition coefficient (Wildman–Crippen LogP) is -0.994. The monoisotopic (exact) mass is 260 g/mol. The van der Waals surface area contributed by atoms with Crippen molar-refractivity contribution in [2.24, 2.45) is 4.99 Å². The lowest BCUT2D eigenvalue weighted by molar-refractivity contribution is -0.120. The van der Waals surface area contributed by atoms with Crippen molar-refractivity contribution in [1.29, 1.82) is 0 Å². The molecule has 0 spiro atoms. The van der Waals surface area contributed by atoms with Gasteiger partial charge in [-0.3, -0.25) is 15.0 Å². The molecule has 3 amide bonds. The molecule has 1 fully saturated rings. The quantitative estimate of drug-likeness (QED) is 0.658. The Morgan fingerprint density at radius 3 is 3.00 bits per heavy atom. The molecule has 89 valence electrons. The Bertz CT molecular complexity index is 697. The van der Waals surface area contributed by atoms with Crippen LogP contribution in [0.15, 0.2) is 23.2 Å². The fourth-order valence-electron chi connectivity index (χ4n) is 1.96. The summed E-state index contributed by atoms with van der Waals surface area (Å²) in [5.74, 6) is -0.263. The zero-order chi connectivity index (χ0) is 12.7. The molecule has 1 aromatic rings. The first kappa shape index (κ1) is 11.0. The van der Waals surface area contributed by atoms with Gasteiger partial charge in [0.15, 0.2) is 0 Å². The van der Waals surface area contributed by atoms with Crippen molar-refractivity contribution in [3.63, 3.8) is 0 Å². The maximum absolute atomic E-state index is 11.8. The van der Waals surface area contributed by atoms with Crippen LogP contribution in [0.2, 0.25) is 0 Å². The van der Waals surface area contributed by atoms with Crippen LogP contribution < -0.4 is 25.9 Å². The van der Waals surface area contributed by atoms with Crippen LogP contribution in [-0.2, 0) is 4.79 Å². The van der Waals surface area contributed by atoms with E-state index in [-0.39, 0.29) is 17.4 Å². The SMILES string of the molecule is O=C1CCN(c2cccc3c2=NC(=S)[N+]=3)C(=O)N1. The second-order valence-corrected chi connectivity index (χ2v) is 4.27.